The molecule has 25 heavy (non-hydrogen) atoms. The number of piperazine rings is 1. The highest BCUT2D eigenvalue weighted by Crippen LogP contribution is 2.25. The first kappa shape index (κ1) is 18.2. The van der Waals surface area contributed by atoms with Gasteiger partial charge in [-0.15, -0.1) is 0 Å². The number of rotatable bonds is 3. The van der Waals surface area contributed by atoms with Crippen LogP contribution in [0.15, 0.2) is 18.2 Å². The van der Waals surface area contributed by atoms with Crippen LogP contribution in [0.5, 0.6) is 0 Å². The first-order valence-corrected chi connectivity index (χ1v) is 8.80. The molecule has 1 N–H and O–H groups in total. The lowest BCUT2D eigenvalue weighted by molar-refractivity contribution is -0.141. The Morgan fingerprint density at radius 1 is 1.28 bits per heavy atom. The molecule has 2 fully saturated rings. The molecule has 0 saturated carbocycles. The van der Waals surface area contributed by atoms with Gasteiger partial charge in [0, 0.05) is 50.4 Å². The Hall–Kier alpha value is -1.57. The van der Waals surface area contributed by atoms with Gasteiger partial charge in [-0.25, -0.2) is 8.78 Å². The molecular weight excluding hydrogens is 328 g/mol. The van der Waals surface area contributed by atoms with Crippen LogP contribution in [0.25, 0.3) is 0 Å². The maximum Gasteiger partial charge on any atom is 0.242 e. The molecule has 0 radical (unpaired) electrons. The van der Waals surface area contributed by atoms with Gasteiger partial charge in [0.25, 0.3) is 0 Å². The molecule has 0 bridgehead atoms. The Balaban J connectivity index is 1.58. The van der Waals surface area contributed by atoms with Gasteiger partial charge in [0.05, 0.1) is 12.7 Å². The molecule has 1 aromatic carbocycles. The third kappa shape index (κ3) is 3.99. The van der Waals surface area contributed by atoms with E-state index in [2.05, 4.69) is 10.2 Å². The zero-order valence-electron chi connectivity index (χ0n) is 14.7. The maximum atomic E-state index is 14.0. The van der Waals surface area contributed by atoms with Crippen LogP contribution in [0.3, 0.4) is 0 Å². The van der Waals surface area contributed by atoms with Crippen molar-refractivity contribution in [3.05, 3.63) is 35.4 Å². The highest BCUT2D eigenvalue weighted by atomic mass is 19.1. The van der Waals surface area contributed by atoms with E-state index in [4.69, 9.17) is 4.74 Å². The summed E-state index contributed by atoms with van der Waals surface area (Å²) in [6.07, 6.45) is -0.133. The molecule has 5 nitrogen and oxygen atoms in total. The van der Waals surface area contributed by atoms with Crippen molar-refractivity contribution in [2.24, 2.45) is 0 Å². The minimum absolute atomic E-state index is 0.0625. The minimum Gasteiger partial charge on any atom is -0.375 e. The zero-order valence-corrected chi connectivity index (χ0v) is 14.7. The highest BCUT2D eigenvalue weighted by Gasteiger charge is 2.34. The zero-order chi connectivity index (χ0) is 18.0. The van der Waals surface area contributed by atoms with Crippen molar-refractivity contribution >= 4 is 5.91 Å². The largest absolute Gasteiger partial charge is 0.375 e. The van der Waals surface area contributed by atoms with E-state index in [0.29, 0.717) is 44.9 Å². The number of nitrogens with zero attached hydrogens (tertiary/aromatic N) is 2. The smallest absolute Gasteiger partial charge is 0.242 e. The number of halogens is 2. The summed E-state index contributed by atoms with van der Waals surface area (Å²) in [4.78, 5) is 16.6. The molecule has 1 unspecified atom stereocenters. The second-order valence-electron chi connectivity index (χ2n) is 6.71. The SMILES string of the molecule is CC(c1ccc(F)cc1F)N1CCN(C(=O)[C@H]2NCCO[C@@H]2C)CC1. The van der Waals surface area contributed by atoms with Gasteiger partial charge in [-0.1, -0.05) is 6.07 Å². The summed E-state index contributed by atoms with van der Waals surface area (Å²) in [7, 11) is 0. The summed E-state index contributed by atoms with van der Waals surface area (Å²) < 4.78 is 32.6. The Kier molecular flexibility index (Phi) is 5.66. The second-order valence-corrected chi connectivity index (χ2v) is 6.71. The monoisotopic (exact) mass is 353 g/mol. The van der Waals surface area contributed by atoms with Crippen molar-refractivity contribution in [3.63, 3.8) is 0 Å². The lowest BCUT2D eigenvalue weighted by Gasteiger charge is -2.40. The molecule has 2 aliphatic heterocycles. The van der Waals surface area contributed by atoms with E-state index in [1.807, 2.05) is 18.7 Å². The number of nitrogens with one attached hydrogen (secondary N) is 1. The number of ether oxygens (including phenoxy) is 1. The van der Waals surface area contributed by atoms with Crippen molar-refractivity contribution in [3.8, 4) is 0 Å². The first-order valence-electron chi connectivity index (χ1n) is 8.80. The maximum absolute atomic E-state index is 14.0. The lowest BCUT2D eigenvalue weighted by Crippen LogP contribution is -2.59. The van der Waals surface area contributed by atoms with Gasteiger partial charge >= 0.3 is 0 Å². The fourth-order valence-corrected chi connectivity index (χ4v) is 3.57. The predicted molar refractivity (Wildman–Crippen MR) is 90.1 cm³/mol. The summed E-state index contributed by atoms with van der Waals surface area (Å²) in [6, 6.07) is 3.24. The molecule has 2 heterocycles. The third-order valence-electron chi connectivity index (χ3n) is 5.17. The van der Waals surface area contributed by atoms with Gasteiger partial charge in [-0.2, -0.15) is 0 Å². The van der Waals surface area contributed by atoms with Crippen LogP contribution in [-0.2, 0) is 9.53 Å². The fraction of sp³-hybridized carbons (Fsp3) is 0.611. The number of benzene rings is 1. The number of hydrogen-bond acceptors (Lipinski definition) is 4. The van der Waals surface area contributed by atoms with Crippen molar-refractivity contribution in [2.45, 2.75) is 32.0 Å². The number of hydrogen-bond donors (Lipinski definition) is 1. The van der Waals surface area contributed by atoms with Gasteiger partial charge in [0.1, 0.15) is 17.7 Å². The summed E-state index contributed by atoms with van der Waals surface area (Å²) in [6.45, 7) is 7.63. The Labute approximate surface area is 146 Å². The number of morpholine rings is 1. The molecule has 138 valence electrons. The molecule has 2 aliphatic rings. The molecule has 2 saturated heterocycles. The van der Waals surface area contributed by atoms with Crippen LogP contribution in [0.4, 0.5) is 8.78 Å². The van der Waals surface area contributed by atoms with E-state index in [9.17, 15) is 13.6 Å². The van der Waals surface area contributed by atoms with E-state index >= 15 is 0 Å². The number of amides is 1. The summed E-state index contributed by atoms with van der Waals surface area (Å²) in [5.41, 5.74) is 0.483. The molecule has 1 amide bonds. The Morgan fingerprint density at radius 3 is 2.64 bits per heavy atom. The Morgan fingerprint density at radius 2 is 2.00 bits per heavy atom. The summed E-state index contributed by atoms with van der Waals surface area (Å²) >= 11 is 0. The summed E-state index contributed by atoms with van der Waals surface area (Å²) in [5.74, 6) is -1.03. The van der Waals surface area contributed by atoms with E-state index in [-0.39, 0.29) is 24.1 Å². The molecule has 3 rings (SSSR count). The van der Waals surface area contributed by atoms with E-state index < -0.39 is 11.6 Å². The van der Waals surface area contributed by atoms with Gasteiger partial charge < -0.3 is 15.0 Å². The van der Waals surface area contributed by atoms with E-state index in [0.717, 1.165) is 6.07 Å². The predicted octanol–water partition coefficient (Wildman–Crippen LogP) is 1.55. The first-order chi connectivity index (χ1) is 12.0. The molecule has 0 aliphatic carbocycles. The highest BCUT2D eigenvalue weighted by molar-refractivity contribution is 5.82. The molecule has 3 atom stereocenters. The Bertz CT molecular complexity index is 620. The summed E-state index contributed by atoms with van der Waals surface area (Å²) in [5, 5.41) is 3.22. The van der Waals surface area contributed by atoms with Crippen LogP contribution in [0.2, 0.25) is 0 Å². The average Bonchev–Trinajstić information content (AvgIpc) is 2.61. The molecule has 7 heteroatoms. The third-order valence-corrected chi connectivity index (χ3v) is 5.17. The van der Waals surface area contributed by atoms with Crippen molar-refractivity contribution in [2.75, 3.05) is 39.3 Å². The molecule has 0 aromatic heterocycles. The van der Waals surface area contributed by atoms with Crippen molar-refractivity contribution in [1.82, 2.24) is 15.1 Å². The normalized spacial score (nSPS) is 26.5. The molecule has 0 spiro atoms. The van der Waals surface area contributed by atoms with Crippen molar-refractivity contribution < 1.29 is 18.3 Å². The van der Waals surface area contributed by atoms with E-state index in [1.54, 1.807) is 0 Å². The van der Waals surface area contributed by atoms with Gasteiger partial charge in [0.15, 0.2) is 0 Å². The quantitative estimate of drug-likeness (QED) is 0.896. The van der Waals surface area contributed by atoms with Crippen LogP contribution < -0.4 is 5.32 Å². The lowest BCUT2D eigenvalue weighted by atomic mass is 10.0. The standard InChI is InChI=1S/C18H25F2N3O2/c1-12(15-4-3-14(19)11-16(15)20)22-6-8-23(9-7-22)18(24)17-13(2)25-10-5-21-17/h3-4,11-13,17,21H,5-10H2,1-2H3/t12?,13-,17+/m1/s1. The second kappa shape index (κ2) is 7.76. The molecule has 1 aromatic rings. The van der Waals surface area contributed by atoms with Gasteiger partial charge in [-0.3, -0.25) is 9.69 Å². The van der Waals surface area contributed by atoms with Crippen LogP contribution in [0.1, 0.15) is 25.5 Å². The number of carbonyl (C=O) groups excluding carboxylic acids is 1. The van der Waals surface area contributed by atoms with Crippen LogP contribution in [-0.4, -0.2) is 67.2 Å². The minimum atomic E-state index is -0.569. The topological polar surface area (TPSA) is 44.8 Å². The van der Waals surface area contributed by atoms with Crippen LogP contribution in [0, 0.1) is 11.6 Å². The van der Waals surface area contributed by atoms with Crippen LogP contribution >= 0.6 is 0 Å². The van der Waals surface area contributed by atoms with Gasteiger partial charge in [-0.05, 0) is 19.9 Å². The van der Waals surface area contributed by atoms with E-state index in [1.165, 1.54) is 12.1 Å². The van der Waals surface area contributed by atoms with Gasteiger partial charge in [0.2, 0.25) is 5.91 Å². The van der Waals surface area contributed by atoms with Crippen molar-refractivity contribution in [1.29, 1.82) is 0 Å². The average molecular weight is 353 g/mol. The molecular formula is C18H25F2N3O2. The number of carbonyl (C=O) groups is 1. The fourth-order valence-electron chi connectivity index (χ4n) is 3.57.